The van der Waals surface area contributed by atoms with E-state index < -0.39 is 23.9 Å². The number of rotatable bonds is 4. The third-order valence-corrected chi connectivity index (χ3v) is 6.79. The highest BCUT2D eigenvalue weighted by Gasteiger charge is 2.50. The molecule has 0 spiro atoms. The molecule has 2 saturated heterocycles. The number of carbonyl (C=O) groups excluding carboxylic acids is 2. The molecule has 3 aromatic rings. The molecule has 3 heterocycles. The topological polar surface area (TPSA) is 84.0 Å². The number of amides is 2. The smallest absolute Gasteiger partial charge is 0.258 e. The first-order valence-electron chi connectivity index (χ1n) is 11.0. The van der Waals surface area contributed by atoms with Crippen LogP contribution in [0, 0.1) is 0 Å². The van der Waals surface area contributed by atoms with Gasteiger partial charge in [0.1, 0.15) is 0 Å². The Balaban J connectivity index is 1.27. The number of anilines is 2. The van der Waals surface area contributed by atoms with Crippen LogP contribution in [0.15, 0.2) is 54.6 Å². The van der Waals surface area contributed by atoms with Crippen LogP contribution in [0.3, 0.4) is 0 Å². The molecular formula is C24H26N4O4S. The lowest BCUT2D eigenvalue weighted by atomic mass is 10.1. The quantitative estimate of drug-likeness (QED) is 0.636. The van der Waals surface area contributed by atoms with Crippen molar-refractivity contribution in [1.29, 1.82) is 0 Å². The van der Waals surface area contributed by atoms with Crippen molar-refractivity contribution in [3.8, 4) is 0 Å². The zero-order valence-corrected chi connectivity index (χ0v) is 19.4. The lowest BCUT2D eigenvalue weighted by Crippen LogP contribution is -2.54. The molecule has 2 atom stereocenters. The summed E-state index contributed by atoms with van der Waals surface area (Å²) < 4.78 is 12.7. The number of nitrogens with zero attached hydrogens (tertiary/aromatic N) is 3. The fourth-order valence-electron chi connectivity index (χ4n) is 4.24. The summed E-state index contributed by atoms with van der Waals surface area (Å²) >= 11 is 1.38. The van der Waals surface area contributed by atoms with Crippen LogP contribution in [0.4, 0.5) is 10.8 Å². The molecule has 0 unspecified atom stereocenters. The Labute approximate surface area is 196 Å². The molecule has 0 radical (unpaired) electrons. The Morgan fingerprint density at radius 1 is 0.970 bits per heavy atom. The molecule has 1 aromatic heterocycles. The number of piperazine rings is 1. The minimum atomic E-state index is -1.05. The van der Waals surface area contributed by atoms with Crippen molar-refractivity contribution in [3.05, 3.63) is 54.6 Å². The molecule has 33 heavy (non-hydrogen) atoms. The number of ether oxygens (including phenoxy) is 2. The van der Waals surface area contributed by atoms with Gasteiger partial charge in [-0.3, -0.25) is 14.9 Å². The second kappa shape index (κ2) is 8.74. The lowest BCUT2D eigenvalue weighted by Gasteiger charge is -2.37. The lowest BCUT2D eigenvalue weighted by molar-refractivity contribution is -0.162. The zero-order valence-electron chi connectivity index (χ0n) is 18.6. The summed E-state index contributed by atoms with van der Waals surface area (Å²) in [5.41, 5.74) is 1.95. The predicted octanol–water partition coefficient (Wildman–Crippen LogP) is 3.10. The first-order chi connectivity index (χ1) is 15.9. The first-order valence-corrected chi connectivity index (χ1v) is 11.8. The highest BCUT2D eigenvalue weighted by molar-refractivity contribution is 7.22. The standard InChI is InChI=1S/C24H26N4O4S/c1-24(2)31-19(21(29)26-23-25-17-10-6-7-11-18(17)33-23)20(32-24)22(30)28-14-12-27(13-15-28)16-8-4-3-5-9-16/h3-11,19-20H,12-15H2,1-2H3,(H,25,26,29)/t19-,20-/m1/s1. The maximum atomic E-state index is 13.3. The Kier molecular flexibility index (Phi) is 5.77. The van der Waals surface area contributed by atoms with Crippen molar-refractivity contribution in [2.75, 3.05) is 36.4 Å². The Morgan fingerprint density at radius 2 is 1.64 bits per heavy atom. The van der Waals surface area contributed by atoms with Crippen LogP contribution in [-0.2, 0) is 19.1 Å². The van der Waals surface area contributed by atoms with Crippen LogP contribution in [0.5, 0.6) is 0 Å². The number of fused-ring (bicyclic) bond motifs is 1. The molecule has 2 fully saturated rings. The van der Waals surface area contributed by atoms with Crippen molar-refractivity contribution in [3.63, 3.8) is 0 Å². The number of hydrogen-bond donors (Lipinski definition) is 1. The summed E-state index contributed by atoms with van der Waals surface area (Å²) in [6, 6.07) is 17.8. The summed E-state index contributed by atoms with van der Waals surface area (Å²) in [7, 11) is 0. The molecule has 0 bridgehead atoms. The Bertz CT molecular complexity index is 1120. The van der Waals surface area contributed by atoms with Crippen molar-refractivity contribution < 1.29 is 19.1 Å². The summed E-state index contributed by atoms with van der Waals surface area (Å²) in [5, 5.41) is 3.28. The molecule has 5 rings (SSSR count). The van der Waals surface area contributed by atoms with E-state index in [0.717, 1.165) is 29.0 Å². The third kappa shape index (κ3) is 4.57. The van der Waals surface area contributed by atoms with Crippen LogP contribution >= 0.6 is 11.3 Å². The SMILES string of the molecule is CC1(C)O[C@@H](C(=O)Nc2nc3ccccc3s2)[C@H](C(=O)N2CCN(c3ccccc3)CC2)O1. The van der Waals surface area contributed by atoms with Gasteiger partial charge in [0.15, 0.2) is 23.1 Å². The minimum absolute atomic E-state index is 0.224. The monoisotopic (exact) mass is 466 g/mol. The number of hydrogen-bond acceptors (Lipinski definition) is 7. The van der Waals surface area contributed by atoms with Gasteiger partial charge in [0.2, 0.25) is 0 Å². The molecule has 172 valence electrons. The van der Waals surface area contributed by atoms with Gasteiger partial charge >= 0.3 is 0 Å². The van der Waals surface area contributed by atoms with Gasteiger partial charge in [-0.15, -0.1) is 0 Å². The van der Waals surface area contributed by atoms with Crippen molar-refractivity contribution in [1.82, 2.24) is 9.88 Å². The van der Waals surface area contributed by atoms with Gasteiger partial charge in [-0.1, -0.05) is 41.7 Å². The third-order valence-electron chi connectivity index (χ3n) is 5.84. The summed E-state index contributed by atoms with van der Waals surface area (Å²) in [4.78, 5) is 34.9. The molecule has 2 amide bonds. The maximum Gasteiger partial charge on any atom is 0.258 e. The summed E-state index contributed by atoms with van der Waals surface area (Å²) in [6.45, 7) is 5.97. The number of para-hydroxylation sites is 2. The fourth-order valence-corrected chi connectivity index (χ4v) is 5.11. The van der Waals surface area contributed by atoms with E-state index in [1.807, 2.05) is 42.5 Å². The van der Waals surface area contributed by atoms with Crippen LogP contribution in [0.1, 0.15) is 13.8 Å². The number of carbonyl (C=O) groups is 2. The Morgan fingerprint density at radius 3 is 2.36 bits per heavy atom. The van der Waals surface area contributed by atoms with Crippen LogP contribution in [-0.4, -0.2) is 65.9 Å². The van der Waals surface area contributed by atoms with Crippen molar-refractivity contribution in [2.24, 2.45) is 0 Å². The van der Waals surface area contributed by atoms with Crippen LogP contribution in [0.25, 0.3) is 10.2 Å². The number of thiazole rings is 1. The number of aromatic nitrogens is 1. The molecule has 2 aliphatic rings. The molecule has 9 heteroatoms. The average Bonchev–Trinajstić information content (AvgIpc) is 3.38. The van der Waals surface area contributed by atoms with Gasteiger partial charge in [-0.05, 0) is 38.1 Å². The van der Waals surface area contributed by atoms with E-state index in [1.54, 1.807) is 18.7 Å². The van der Waals surface area contributed by atoms with E-state index in [4.69, 9.17) is 9.47 Å². The van der Waals surface area contributed by atoms with E-state index in [2.05, 4.69) is 27.3 Å². The first kappa shape index (κ1) is 21.8. The highest BCUT2D eigenvalue weighted by atomic mass is 32.1. The molecule has 2 aliphatic heterocycles. The van der Waals surface area contributed by atoms with E-state index in [-0.39, 0.29) is 5.91 Å². The molecule has 0 saturated carbocycles. The Hall–Kier alpha value is -3.01. The minimum Gasteiger partial charge on any atom is -0.368 e. The second-order valence-corrected chi connectivity index (χ2v) is 9.63. The molecule has 2 aromatic carbocycles. The molecular weight excluding hydrogens is 440 g/mol. The van der Waals surface area contributed by atoms with Gasteiger partial charge in [0.05, 0.1) is 10.2 Å². The van der Waals surface area contributed by atoms with Crippen LogP contribution < -0.4 is 10.2 Å². The number of nitrogens with one attached hydrogen (secondary N) is 1. The van der Waals surface area contributed by atoms with Gasteiger partial charge in [-0.2, -0.15) is 0 Å². The second-order valence-electron chi connectivity index (χ2n) is 8.60. The number of benzene rings is 2. The van der Waals surface area contributed by atoms with Gasteiger partial charge in [0.25, 0.3) is 11.8 Å². The maximum absolute atomic E-state index is 13.3. The van der Waals surface area contributed by atoms with E-state index in [1.165, 1.54) is 11.3 Å². The average molecular weight is 467 g/mol. The fraction of sp³-hybridized carbons (Fsp3) is 0.375. The van der Waals surface area contributed by atoms with Crippen molar-refractivity contribution >= 4 is 44.2 Å². The van der Waals surface area contributed by atoms with Gasteiger partial charge < -0.3 is 19.3 Å². The van der Waals surface area contributed by atoms with E-state index in [9.17, 15) is 9.59 Å². The molecule has 0 aliphatic carbocycles. The zero-order chi connectivity index (χ0) is 23.0. The highest BCUT2D eigenvalue weighted by Crippen LogP contribution is 2.32. The van der Waals surface area contributed by atoms with E-state index in [0.29, 0.717) is 18.2 Å². The molecule has 8 nitrogen and oxygen atoms in total. The molecule has 1 N–H and O–H groups in total. The van der Waals surface area contributed by atoms with Crippen LogP contribution in [0.2, 0.25) is 0 Å². The van der Waals surface area contributed by atoms with Gasteiger partial charge in [-0.25, -0.2) is 4.98 Å². The largest absolute Gasteiger partial charge is 0.368 e. The summed E-state index contributed by atoms with van der Waals surface area (Å²) in [5.74, 6) is -1.69. The predicted molar refractivity (Wildman–Crippen MR) is 127 cm³/mol. The van der Waals surface area contributed by atoms with E-state index >= 15 is 0 Å². The van der Waals surface area contributed by atoms with Gasteiger partial charge in [0, 0.05) is 31.9 Å². The van der Waals surface area contributed by atoms with Crippen molar-refractivity contribution in [2.45, 2.75) is 31.8 Å². The summed E-state index contributed by atoms with van der Waals surface area (Å²) in [6.07, 6.45) is -2.05. The normalized spacial score (nSPS) is 22.5.